The number of hydrogen-bond donors (Lipinski definition) is 0. The Bertz CT molecular complexity index is 453. The van der Waals surface area contributed by atoms with Gasteiger partial charge < -0.3 is 0 Å². The maximum absolute atomic E-state index is 13.1. The lowest BCUT2D eigenvalue weighted by molar-refractivity contribution is -0.387. The normalized spacial score (nSPS) is 10.2. The molecule has 0 spiro atoms. The largest absolute Gasteiger partial charge is 0.299 e. The summed E-state index contributed by atoms with van der Waals surface area (Å²) in [4.78, 5) is 20.8. The summed E-state index contributed by atoms with van der Waals surface area (Å²) in [6, 6.07) is 1.96. The number of nitrogens with zero attached hydrogens (tertiary/aromatic N) is 1. The number of benzene rings is 1. The van der Waals surface area contributed by atoms with Gasteiger partial charge in [0, 0.05) is 6.07 Å². The summed E-state index contributed by atoms with van der Waals surface area (Å²) in [6.45, 7) is 1.34. The minimum atomic E-state index is -0.738. The molecule has 0 saturated heterocycles. The number of carbonyl (C=O) groups excluding carboxylic acids is 1. The van der Waals surface area contributed by atoms with Crippen LogP contribution in [-0.2, 0) is 4.79 Å². The molecule has 1 aromatic carbocycles. The van der Waals surface area contributed by atoms with E-state index in [9.17, 15) is 19.3 Å². The van der Waals surface area contributed by atoms with E-state index < -0.39 is 10.7 Å². The first-order valence-corrected chi connectivity index (χ1v) is 5.54. The van der Waals surface area contributed by atoms with E-state index in [1.807, 2.05) is 0 Å². The zero-order valence-electron chi connectivity index (χ0n) is 8.20. The fourth-order valence-electron chi connectivity index (χ4n) is 0.977. The SMILES string of the molecule is CC(=O)CSc1c([N+](=O)[O-])ccc(F)c1Cl. The van der Waals surface area contributed by atoms with Crippen LogP contribution in [0.15, 0.2) is 17.0 Å². The Balaban J connectivity index is 3.15. The van der Waals surface area contributed by atoms with Crippen LogP contribution in [-0.4, -0.2) is 16.5 Å². The van der Waals surface area contributed by atoms with Crippen molar-refractivity contribution in [3.05, 3.63) is 33.1 Å². The molecule has 0 heterocycles. The molecule has 86 valence electrons. The average Bonchev–Trinajstić information content (AvgIpc) is 2.19. The highest BCUT2D eigenvalue weighted by Crippen LogP contribution is 2.37. The molecule has 0 unspecified atom stereocenters. The van der Waals surface area contributed by atoms with Gasteiger partial charge in [0.25, 0.3) is 5.69 Å². The van der Waals surface area contributed by atoms with Gasteiger partial charge in [-0.1, -0.05) is 11.6 Å². The van der Waals surface area contributed by atoms with Gasteiger partial charge in [-0.2, -0.15) is 0 Å². The van der Waals surface area contributed by atoms with E-state index >= 15 is 0 Å². The number of Topliss-reactive ketones (excluding diaryl/α,β-unsaturated/α-hetero) is 1. The number of rotatable bonds is 4. The number of hydrogen-bond acceptors (Lipinski definition) is 4. The first-order chi connectivity index (χ1) is 7.43. The van der Waals surface area contributed by atoms with Crippen LogP contribution in [0.4, 0.5) is 10.1 Å². The zero-order valence-corrected chi connectivity index (χ0v) is 9.77. The van der Waals surface area contributed by atoms with E-state index in [4.69, 9.17) is 11.6 Å². The Morgan fingerprint density at radius 2 is 2.25 bits per heavy atom. The van der Waals surface area contributed by atoms with Gasteiger partial charge in [-0.3, -0.25) is 14.9 Å². The van der Waals surface area contributed by atoms with Gasteiger partial charge in [-0.05, 0) is 13.0 Å². The molecule has 1 aromatic rings. The maximum Gasteiger partial charge on any atom is 0.284 e. The van der Waals surface area contributed by atoms with Crippen LogP contribution in [0.25, 0.3) is 0 Å². The predicted octanol–water partition coefficient (Wildman–Crippen LogP) is 3.07. The smallest absolute Gasteiger partial charge is 0.284 e. The topological polar surface area (TPSA) is 60.2 Å². The fraction of sp³-hybridized carbons (Fsp3) is 0.222. The van der Waals surface area contributed by atoms with Crippen LogP contribution in [0.5, 0.6) is 0 Å². The molecular formula is C9H7ClFNO3S. The Labute approximate surface area is 99.9 Å². The minimum Gasteiger partial charge on any atom is -0.299 e. The number of nitro groups is 1. The molecule has 16 heavy (non-hydrogen) atoms. The van der Waals surface area contributed by atoms with Crippen molar-refractivity contribution in [1.82, 2.24) is 0 Å². The fourth-order valence-corrected chi connectivity index (χ4v) is 2.16. The van der Waals surface area contributed by atoms with E-state index in [-0.39, 0.29) is 27.1 Å². The highest BCUT2D eigenvalue weighted by Gasteiger charge is 2.20. The highest BCUT2D eigenvalue weighted by molar-refractivity contribution is 8.00. The van der Waals surface area contributed by atoms with Crippen LogP contribution in [0.2, 0.25) is 5.02 Å². The number of halogens is 2. The lowest BCUT2D eigenvalue weighted by Gasteiger charge is -2.04. The van der Waals surface area contributed by atoms with Crippen molar-refractivity contribution >= 4 is 34.8 Å². The van der Waals surface area contributed by atoms with E-state index in [0.29, 0.717) is 0 Å². The van der Waals surface area contributed by atoms with Crippen LogP contribution in [0, 0.1) is 15.9 Å². The molecule has 4 nitrogen and oxygen atoms in total. The van der Waals surface area contributed by atoms with Crippen LogP contribution in [0.1, 0.15) is 6.92 Å². The minimum absolute atomic E-state index is 0.0122. The zero-order chi connectivity index (χ0) is 12.3. The van der Waals surface area contributed by atoms with Gasteiger partial charge in [0.2, 0.25) is 0 Å². The van der Waals surface area contributed by atoms with Crippen LogP contribution in [0.3, 0.4) is 0 Å². The van der Waals surface area contributed by atoms with Crippen molar-refractivity contribution in [2.45, 2.75) is 11.8 Å². The van der Waals surface area contributed by atoms with Gasteiger partial charge in [0.1, 0.15) is 16.5 Å². The van der Waals surface area contributed by atoms with Crippen molar-refractivity contribution in [3.63, 3.8) is 0 Å². The Kier molecular flexibility index (Phi) is 4.26. The predicted molar refractivity (Wildman–Crippen MR) is 59.5 cm³/mol. The molecule has 0 aliphatic carbocycles. The Hall–Kier alpha value is -1.14. The monoisotopic (exact) mass is 263 g/mol. The molecule has 0 aliphatic heterocycles. The highest BCUT2D eigenvalue weighted by atomic mass is 35.5. The van der Waals surface area contributed by atoms with Crippen molar-refractivity contribution in [1.29, 1.82) is 0 Å². The van der Waals surface area contributed by atoms with E-state index in [1.54, 1.807) is 0 Å². The van der Waals surface area contributed by atoms with Gasteiger partial charge in [-0.15, -0.1) is 11.8 Å². The lowest BCUT2D eigenvalue weighted by Crippen LogP contribution is -1.97. The van der Waals surface area contributed by atoms with Gasteiger partial charge >= 0.3 is 0 Å². The molecule has 0 saturated carbocycles. The molecule has 0 aromatic heterocycles. The summed E-state index contributed by atoms with van der Waals surface area (Å²) in [5, 5.41) is 10.3. The third kappa shape index (κ3) is 2.93. The van der Waals surface area contributed by atoms with E-state index in [2.05, 4.69) is 0 Å². The number of thioether (sulfide) groups is 1. The van der Waals surface area contributed by atoms with Crippen molar-refractivity contribution in [3.8, 4) is 0 Å². The second-order valence-corrected chi connectivity index (χ2v) is 4.32. The average molecular weight is 264 g/mol. The molecule has 0 bridgehead atoms. The Morgan fingerprint density at radius 1 is 1.62 bits per heavy atom. The third-order valence-corrected chi connectivity index (χ3v) is 3.38. The first-order valence-electron chi connectivity index (χ1n) is 4.18. The summed E-state index contributed by atoms with van der Waals surface area (Å²) < 4.78 is 13.1. The first kappa shape index (κ1) is 12.9. The number of carbonyl (C=O) groups is 1. The lowest BCUT2D eigenvalue weighted by atomic mass is 10.3. The van der Waals surface area contributed by atoms with E-state index in [0.717, 1.165) is 23.9 Å². The summed E-state index contributed by atoms with van der Waals surface area (Å²) in [5.41, 5.74) is -0.294. The Morgan fingerprint density at radius 3 is 2.75 bits per heavy atom. The molecule has 0 radical (unpaired) electrons. The van der Waals surface area contributed by atoms with Crippen molar-refractivity contribution in [2.24, 2.45) is 0 Å². The van der Waals surface area contributed by atoms with Crippen molar-refractivity contribution in [2.75, 3.05) is 5.75 Å². The summed E-state index contributed by atoms with van der Waals surface area (Å²) >= 11 is 6.48. The van der Waals surface area contributed by atoms with Crippen LogP contribution >= 0.6 is 23.4 Å². The standard InChI is InChI=1S/C9H7ClFNO3S/c1-5(13)4-16-9-7(12(14)15)3-2-6(11)8(9)10/h2-3H,4H2,1H3. The summed E-state index contributed by atoms with van der Waals surface area (Å²) in [7, 11) is 0. The van der Waals surface area contributed by atoms with E-state index in [1.165, 1.54) is 6.92 Å². The maximum atomic E-state index is 13.1. The molecule has 0 atom stereocenters. The molecule has 0 fully saturated rings. The molecule has 0 amide bonds. The summed E-state index contributed by atoms with van der Waals surface area (Å²) in [5.74, 6) is -0.887. The molecule has 0 aliphatic rings. The number of ketones is 1. The molecule has 0 N–H and O–H groups in total. The van der Waals surface area contributed by atoms with Crippen LogP contribution < -0.4 is 0 Å². The molecular weight excluding hydrogens is 257 g/mol. The number of nitro benzene ring substituents is 1. The van der Waals surface area contributed by atoms with Gasteiger partial charge in [-0.25, -0.2) is 4.39 Å². The third-order valence-electron chi connectivity index (χ3n) is 1.65. The second kappa shape index (κ2) is 5.27. The van der Waals surface area contributed by atoms with Gasteiger partial charge in [0.05, 0.1) is 15.7 Å². The second-order valence-electron chi connectivity index (χ2n) is 2.96. The van der Waals surface area contributed by atoms with Crippen molar-refractivity contribution < 1.29 is 14.1 Å². The molecule has 7 heteroatoms. The molecule has 1 rings (SSSR count). The van der Waals surface area contributed by atoms with Gasteiger partial charge in [0.15, 0.2) is 0 Å². The quantitative estimate of drug-likeness (QED) is 0.476. The summed E-state index contributed by atoms with van der Waals surface area (Å²) in [6.07, 6.45) is 0.